The number of carbonyl (C=O) groups is 1. The molecule has 9 nitrogen and oxygen atoms in total. The molecule has 36 heavy (non-hydrogen) atoms. The molecule has 4 rings (SSSR count). The van der Waals surface area contributed by atoms with Crippen LogP contribution in [0.1, 0.15) is 6.42 Å². The number of fused-ring (bicyclic) bond motifs is 1. The van der Waals surface area contributed by atoms with Crippen LogP contribution in [-0.4, -0.2) is 84.0 Å². The van der Waals surface area contributed by atoms with Gasteiger partial charge >= 0.3 is 0 Å². The highest BCUT2D eigenvalue weighted by Gasteiger charge is 2.25. The molecular formula is C23H26FN3O6S3. The number of ether oxygens (including phenoxy) is 1. The van der Waals surface area contributed by atoms with Gasteiger partial charge in [0.05, 0.1) is 33.5 Å². The molecule has 194 valence electrons. The number of aromatic nitrogens is 1. The summed E-state index contributed by atoms with van der Waals surface area (Å²) in [5, 5.41) is 0.304. The maximum atomic E-state index is 13.3. The molecule has 1 saturated heterocycles. The minimum atomic E-state index is -3.81. The van der Waals surface area contributed by atoms with Crippen LogP contribution in [0.5, 0.6) is 0 Å². The molecule has 0 spiro atoms. The van der Waals surface area contributed by atoms with Crippen LogP contribution < -0.4 is 4.90 Å². The van der Waals surface area contributed by atoms with Crippen LogP contribution in [0, 0.1) is 5.82 Å². The van der Waals surface area contributed by atoms with Crippen LogP contribution in [0.2, 0.25) is 0 Å². The first kappa shape index (κ1) is 26.6. The second-order valence-corrected chi connectivity index (χ2v) is 13.5. The third-order valence-corrected chi connectivity index (χ3v) is 9.71. The number of anilines is 1. The summed E-state index contributed by atoms with van der Waals surface area (Å²) in [7, 11) is -7.35. The Balaban J connectivity index is 1.59. The number of nitrogens with zero attached hydrogens (tertiary/aromatic N) is 3. The molecule has 2 aromatic carbocycles. The van der Waals surface area contributed by atoms with E-state index in [2.05, 4.69) is 9.88 Å². The number of rotatable bonds is 9. The van der Waals surface area contributed by atoms with Crippen LogP contribution in [0.3, 0.4) is 0 Å². The number of amides is 1. The Morgan fingerprint density at radius 1 is 1.11 bits per heavy atom. The van der Waals surface area contributed by atoms with Crippen molar-refractivity contribution in [1.29, 1.82) is 0 Å². The number of sulfone groups is 2. The second kappa shape index (κ2) is 10.9. The van der Waals surface area contributed by atoms with E-state index in [1.54, 1.807) is 12.1 Å². The first-order chi connectivity index (χ1) is 17.0. The smallest absolute Gasteiger partial charge is 0.229 e. The van der Waals surface area contributed by atoms with E-state index in [0.29, 0.717) is 42.7 Å². The summed E-state index contributed by atoms with van der Waals surface area (Å²) in [6.07, 6.45) is 0.792. The number of halogens is 1. The zero-order chi connectivity index (χ0) is 25.9. The summed E-state index contributed by atoms with van der Waals surface area (Å²) in [6, 6.07) is 9.28. The van der Waals surface area contributed by atoms with Crippen molar-refractivity contribution in [2.75, 3.05) is 56.3 Å². The van der Waals surface area contributed by atoms with Crippen molar-refractivity contribution in [2.45, 2.75) is 16.2 Å². The van der Waals surface area contributed by atoms with Gasteiger partial charge in [0.1, 0.15) is 11.3 Å². The van der Waals surface area contributed by atoms with Crippen molar-refractivity contribution in [2.24, 2.45) is 0 Å². The molecule has 1 fully saturated rings. The fourth-order valence-corrected chi connectivity index (χ4v) is 7.00. The molecule has 0 bridgehead atoms. The van der Waals surface area contributed by atoms with Gasteiger partial charge in [0.15, 0.2) is 24.8 Å². The normalized spacial score (nSPS) is 15.3. The molecule has 3 aromatic rings. The highest BCUT2D eigenvalue weighted by Crippen LogP contribution is 2.33. The molecule has 0 radical (unpaired) electrons. The fraction of sp³-hybridized carbons (Fsp3) is 0.391. The first-order valence-electron chi connectivity index (χ1n) is 11.2. The van der Waals surface area contributed by atoms with Crippen molar-refractivity contribution in [1.82, 2.24) is 9.88 Å². The zero-order valence-electron chi connectivity index (χ0n) is 19.6. The molecule has 1 aliphatic heterocycles. The lowest BCUT2D eigenvalue weighted by molar-refractivity contribution is -0.118. The summed E-state index contributed by atoms with van der Waals surface area (Å²) >= 11 is 1.18. The summed E-state index contributed by atoms with van der Waals surface area (Å²) in [5.41, 5.74) is 0.281. The monoisotopic (exact) mass is 555 g/mol. The number of benzene rings is 2. The minimum Gasteiger partial charge on any atom is -0.379 e. The lowest BCUT2D eigenvalue weighted by Gasteiger charge is -2.29. The quantitative estimate of drug-likeness (QED) is 0.370. The molecular weight excluding hydrogens is 529 g/mol. The third kappa shape index (κ3) is 6.27. The van der Waals surface area contributed by atoms with E-state index in [9.17, 15) is 26.0 Å². The van der Waals surface area contributed by atoms with E-state index >= 15 is 0 Å². The minimum absolute atomic E-state index is 0.0608. The molecule has 0 N–H and O–H groups in total. The Morgan fingerprint density at radius 2 is 1.81 bits per heavy atom. The van der Waals surface area contributed by atoms with Gasteiger partial charge in [-0.25, -0.2) is 26.2 Å². The van der Waals surface area contributed by atoms with E-state index in [4.69, 9.17) is 4.74 Å². The van der Waals surface area contributed by atoms with E-state index in [-0.39, 0.29) is 28.3 Å². The van der Waals surface area contributed by atoms with Crippen molar-refractivity contribution in [3.05, 3.63) is 48.3 Å². The Kier molecular flexibility index (Phi) is 8.05. The van der Waals surface area contributed by atoms with Crippen molar-refractivity contribution in [3.63, 3.8) is 0 Å². The standard InChI is InChI=1S/C23H26FN3O6S3/c1-35(29,30)20-4-2-3-19-22(20)25-23(34-19)27(11-10-26-12-14-33-15-13-26)21(28)9-16-36(31,32)18-7-5-17(24)6-8-18/h2-8H,9-16H2,1H3. The van der Waals surface area contributed by atoms with Gasteiger partial charge in [0.25, 0.3) is 0 Å². The summed E-state index contributed by atoms with van der Waals surface area (Å²) < 4.78 is 69.1. The predicted molar refractivity (Wildman–Crippen MR) is 135 cm³/mol. The van der Waals surface area contributed by atoms with E-state index in [1.165, 1.54) is 34.4 Å². The Hall–Kier alpha value is -2.45. The van der Waals surface area contributed by atoms with Crippen molar-refractivity contribution < 1.29 is 30.8 Å². The van der Waals surface area contributed by atoms with Gasteiger partial charge in [-0.3, -0.25) is 14.6 Å². The fourth-order valence-electron chi connectivity index (χ4n) is 3.84. The van der Waals surface area contributed by atoms with Gasteiger partial charge < -0.3 is 4.74 Å². The summed E-state index contributed by atoms with van der Waals surface area (Å²) in [4.78, 5) is 21.4. The Bertz CT molecular complexity index is 1450. The molecule has 13 heteroatoms. The van der Waals surface area contributed by atoms with Crippen molar-refractivity contribution in [3.8, 4) is 0 Å². The van der Waals surface area contributed by atoms with Crippen LogP contribution >= 0.6 is 11.3 Å². The molecule has 0 atom stereocenters. The van der Waals surface area contributed by atoms with E-state index in [1.807, 2.05) is 0 Å². The molecule has 2 heterocycles. The zero-order valence-corrected chi connectivity index (χ0v) is 22.0. The molecule has 1 aliphatic rings. The van der Waals surface area contributed by atoms with Gasteiger partial charge in [0, 0.05) is 38.9 Å². The summed E-state index contributed by atoms with van der Waals surface area (Å²) in [5.74, 6) is -1.46. The van der Waals surface area contributed by atoms with Gasteiger partial charge in [-0.05, 0) is 36.4 Å². The van der Waals surface area contributed by atoms with Gasteiger partial charge in [-0.1, -0.05) is 17.4 Å². The predicted octanol–water partition coefficient (Wildman–Crippen LogP) is 2.37. The number of thiazole rings is 1. The highest BCUT2D eigenvalue weighted by atomic mass is 32.2. The summed E-state index contributed by atoms with van der Waals surface area (Å²) in [6.45, 7) is 3.36. The lowest BCUT2D eigenvalue weighted by Crippen LogP contribution is -2.43. The topological polar surface area (TPSA) is 114 Å². The van der Waals surface area contributed by atoms with Crippen LogP contribution in [-0.2, 0) is 29.2 Å². The van der Waals surface area contributed by atoms with Crippen LogP contribution in [0.4, 0.5) is 9.52 Å². The third-order valence-electron chi connectivity index (χ3n) is 5.80. The SMILES string of the molecule is CS(=O)(=O)c1cccc2sc(N(CCN3CCOCC3)C(=O)CCS(=O)(=O)c3ccc(F)cc3)nc12. The van der Waals surface area contributed by atoms with Gasteiger partial charge in [-0.2, -0.15) is 0 Å². The number of morpholine rings is 1. The lowest BCUT2D eigenvalue weighted by atomic mass is 10.3. The van der Waals surface area contributed by atoms with E-state index < -0.39 is 37.2 Å². The molecule has 0 unspecified atom stereocenters. The van der Waals surface area contributed by atoms with Gasteiger partial charge in [-0.15, -0.1) is 0 Å². The van der Waals surface area contributed by atoms with Crippen LogP contribution in [0.15, 0.2) is 52.3 Å². The van der Waals surface area contributed by atoms with E-state index in [0.717, 1.165) is 18.4 Å². The average molecular weight is 556 g/mol. The number of hydrogen-bond acceptors (Lipinski definition) is 9. The number of carbonyl (C=O) groups excluding carboxylic acids is 1. The largest absolute Gasteiger partial charge is 0.379 e. The average Bonchev–Trinajstić information content (AvgIpc) is 3.27. The second-order valence-electron chi connectivity index (χ2n) is 8.39. The Labute approximate surface area is 213 Å². The van der Waals surface area contributed by atoms with Crippen LogP contribution in [0.25, 0.3) is 10.2 Å². The van der Waals surface area contributed by atoms with Crippen molar-refractivity contribution >= 4 is 52.3 Å². The molecule has 1 aromatic heterocycles. The Morgan fingerprint density at radius 3 is 2.47 bits per heavy atom. The number of hydrogen-bond donors (Lipinski definition) is 0. The molecule has 1 amide bonds. The van der Waals surface area contributed by atoms with Gasteiger partial charge in [0.2, 0.25) is 5.91 Å². The maximum absolute atomic E-state index is 13.3. The highest BCUT2D eigenvalue weighted by molar-refractivity contribution is 7.91. The molecule has 0 aliphatic carbocycles. The molecule has 0 saturated carbocycles. The first-order valence-corrected chi connectivity index (χ1v) is 15.6. The maximum Gasteiger partial charge on any atom is 0.229 e. The number of para-hydroxylation sites is 1.